The van der Waals surface area contributed by atoms with Gasteiger partial charge < -0.3 is 15.0 Å². The molecule has 1 N–H and O–H groups in total. The number of ether oxygens (including phenoxy) is 1. The predicted molar refractivity (Wildman–Crippen MR) is 75.3 cm³/mol. The molecule has 8 nitrogen and oxygen atoms in total. The Morgan fingerprint density at radius 2 is 2.14 bits per heavy atom. The summed E-state index contributed by atoms with van der Waals surface area (Å²) in [5, 5.41) is 14.0. The summed E-state index contributed by atoms with van der Waals surface area (Å²) in [6.07, 6.45) is 1.51. The van der Waals surface area contributed by atoms with Crippen molar-refractivity contribution in [2.24, 2.45) is 0 Å². The van der Waals surface area contributed by atoms with Crippen LogP contribution in [0.1, 0.15) is 5.56 Å². The Labute approximate surface area is 121 Å². The quantitative estimate of drug-likeness (QED) is 0.885. The standard InChI is InChI=1S/C13H16N6O2/c1-10-2-3-11(19-9-14-16-17-19)8-12(10)15-13(20)18-4-6-21-7-5-18/h2-3,8-9H,4-7H2,1H3,(H,15,20). The molecule has 3 rings (SSSR count). The van der Waals surface area contributed by atoms with Crippen LogP contribution >= 0.6 is 0 Å². The molecule has 1 aliphatic heterocycles. The van der Waals surface area contributed by atoms with Crippen LogP contribution in [0.4, 0.5) is 10.5 Å². The monoisotopic (exact) mass is 288 g/mol. The van der Waals surface area contributed by atoms with Gasteiger partial charge in [0.25, 0.3) is 0 Å². The SMILES string of the molecule is Cc1ccc(-n2cnnn2)cc1NC(=O)N1CCOCC1. The van der Waals surface area contributed by atoms with Crippen molar-refractivity contribution in [2.75, 3.05) is 31.6 Å². The molecule has 0 aliphatic carbocycles. The number of tetrazole rings is 1. The number of carbonyl (C=O) groups is 1. The summed E-state index contributed by atoms with van der Waals surface area (Å²) in [5.74, 6) is 0. The molecule has 1 saturated heterocycles. The third kappa shape index (κ3) is 3.00. The van der Waals surface area contributed by atoms with E-state index < -0.39 is 0 Å². The normalized spacial score (nSPS) is 15.0. The van der Waals surface area contributed by atoms with E-state index in [1.165, 1.54) is 6.33 Å². The highest BCUT2D eigenvalue weighted by Gasteiger charge is 2.17. The van der Waals surface area contributed by atoms with Crippen LogP contribution < -0.4 is 5.32 Å². The smallest absolute Gasteiger partial charge is 0.322 e. The Kier molecular flexibility index (Phi) is 3.78. The molecule has 0 bridgehead atoms. The fourth-order valence-corrected chi connectivity index (χ4v) is 2.13. The van der Waals surface area contributed by atoms with E-state index in [1.807, 2.05) is 25.1 Å². The van der Waals surface area contributed by atoms with E-state index >= 15 is 0 Å². The number of hydrogen-bond donors (Lipinski definition) is 1. The molecule has 1 aliphatic rings. The van der Waals surface area contributed by atoms with Crippen molar-refractivity contribution in [1.29, 1.82) is 0 Å². The number of aryl methyl sites for hydroxylation is 1. The summed E-state index contributed by atoms with van der Waals surface area (Å²) in [4.78, 5) is 14.0. The molecule has 2 aromatic rings. The van der Waals surface area contributed by atoms with Crippen LogP contribution in [0.3, 0.4) is 0 Å². The number of morpholine rings is 1. The van der Waals surface area contributed by atoms with E-state index in [0.717, 1.165) is 16.9 Å². The van der Waals surface area contributed by atoms with Crippen LogP contribution in [0.15, 0.2) is 24.5 Å². The molecule has 0 unspecified atom stereocenters. The topological polar surface area (TPSA) is 85.2 Å². The lowest BCUT2D eigenvalue weighted by Crippen LogP contribution is -2.43. The highest BCUT2D eigenvalue weighted by molar-refractivity contribution is 5.90. The highest BCUT2D eigenvalue weighted by atomic mass is 16.5. The van der Waals surface area contributed by atoms with Gasteiger partial charge in [-0.3, -0.25) is 0 Å². The van der Waals surface area contributed by atoms with E-state index in [2.05, 4.69) is 20.8 Å². The summed E-state index contributed by atoms with van der Waals surface area (Å²) in [6.45, 7) is 4.32. The molecule has 0 saturated carbocycles. The fourth-order valence-electron chi connectivity index (χ4n) is 2.13. The van der Waals surface area contributed by atoms with E-state index in [-0.39, 0.29) is 6.03 Å². The molecule has 0 atom stereocenters. The van der Waals surface area contributed by atoms with Crippen LogP contribution in [0, 0.1) is 6.92 Å². The van der Waals surface area contributed by atoms with Crippen LogP contribution in [-0.4, -0.2) is 57.4 Å². The number of benzene rings is 1. The average Bonchev–Trinajstić information content (AvgIpc) is 3.04. The highest BCUT2D eigenvalue weighted by Crippen LogP contribution is 2.19. The fraction of sp³-hybridized carbons (Fsp3) is 0.385. The lowest BCUT2D eigenvalue weighted by atomic mass is 10.2. The minimum absolute atomic E-state index is 0.115. The Balaban J connectivity index is 1.78. The van der Waals surface area contributed by atoms with Gasteiger partial charge in [-0.25, -0.2) is 9.48 Å². The van der Waals surface area contributed by atoms with Gasteiger partial charge in [-0.2, -0.15) is 0 Å². The number of anilines is 1. The number of urea groups is 1. The number of nitrogens with one attached hydrogen (secondary N) is 1. The molecule has 1 fully saturated rings. The van der Waals surface area contributed by atoms with Crippen molar-refractivity contribution in [1.82, 2.24) is 25.1 Å². The second-order valence-electron chi connectivity index (χ2n) is 4.78. The van der Waals surface area contributed by atoms with Crippen LogP contribution in [0.2, 0.25) is 0 Å². The van der Waals surface area contributed by atoms with Crippen molar-refractivity contribution in [2.45, 2.75) is 6.92 Å². The molecule has 2 amide bonds. The Morgan fingerprint density at radius 3 is 2.86 bits per heavy atom. The molecule has 1 aromatic heterocycles. The summed E-state index contributed by atoms with van der Waals surface area (Å²) in [7, 11) is 0. The number of carbonyl (C=O) groups excluding carboxylic acids is 1. The first-order chi connectivity index (χ1) is 10.2. The van der Waals surface area contributed by atoms with Gasteiger partial charge in [-0.05, 0) is 35.0 Å². The maximum Gasteiger partial charge on any atom is 0.322 e. The van der Waals surface area contributed by atoms with Gasteiger partial charge in [-0.15, -0.1) is 5.10 Å². The first-order valence-corrected chi connectivity index (χ1v) is 6.72. The zero-order chi connectivity index (χ0) is 14.7. The molecular weight excluding hydrogens is 272 g/mol. The van der Waals surface area contributed by atoms with Crippen LogP contribution in [0.25, 0.3) is 5.69 Å². The lowest BCUT2D eigenvalue weighted by Gasteiger charge is -2.27. The van der Waals surface area contributed by atoms with Crippen molar-refractivity contribution in [3.8, 4) is 5.69 Å². The van der Waals surface area contributed by atoms with E-state index in [0.29, 0.717) is 26.3 Å². The van der Waals surface area contributed by atoms with Gasteiger partial charge in [0, 0.05) is 18.8 Å². The van der Waals surface area contributed by atoms with Gasteiger partial charge in [0.05, 0.1) is 18.9 Å². The van der Waals surface area contributed by atoms with E-state index in [4.69, 9.17) is 4.74 Å². The average molecular weight is 288 g/mol. The molecular formula is C13H16N6O2. The maximum atomic E-state index is 12.2. The molecule has 8 heteroatoms. The van der Waals surface area contributed by atoms with Gasteiger partial charge in [0.15, 0.2) is 0 Å². The van der Waals surface area contributed by atoms with E-state index in [9.17, 15) is 4.79 Å². The number of rotatable bonds is 2. The molecule has 2 heterocycles. The number of hydrogen-bond acceptors (Lipinski definition) is 5. The number of aromatic nitrogens is 4. The third-order valence-electron chi connectivity index (χ3n) is 3.37. The molecule has 0 spiro atoms. The van der Waals surface area contributed by atoms with Gasteiger partial charge in [0.1, 0.15) is 6.33 Å². The van der Waals surface area contributed by atoms with Crippen molar-refractivity contribution < 1.29 is 9.53 Å². The second-order valence-corrected chi connectivity index (χ2v) is 4.78. The third-order valence-corrected chi connectivity index (χ3v) is 3.37. The van der Waals surface area contributed by atoms with Gasteiger partial charge >= 0.3 is 6.03 Å². The van der Waals surface area contributed by atoms with Crippen LogP contribution in [0.5, 0.6) is 0 Å². The van der Waals surface area contributed by atoms with Gasteiger partial charge in [-0.1, -0.05) is 6.07 Å². The van der Waals surface area contributed by atoms with E-state index in [1.54, 1.807) is 9.58 Å². The van der Waals surface area contributed by atoms with Crippen molar-refractivity contribution in [3.63, 3.8) is 0 Å². The maximum absolute atomic E-state index is 12.2. The van der Waals surface area contributed by atoms with Crippen molar-refractivity contribution >= 4 is 11.7 Å². The van der Waals surface area contributed by atoms with Gasteiger partial charge in [0.2, 0.25) is 0 Å². The minimum Gasteiger partial charge on any atom is -0.378 e. The molecule has 110 valence electrons. The Bertz CT molecular complexity index is 622. The first kappa shape index (κ1) is 13.5. The minimum atomic E-state index is -0.115. The molecule has 21 heavy (non-hydrogen) atoms. The largest absolute Gasteiger partial charge is 0.378 e. The molecule has 1 aromatic carbocycles. The number of amides is 2. The zero-order valence-corrected chi connectivity index (χ0v) is 11.7. The summed E-state index contributed by atoms with van der Waals surface area (Å²) < 4.78 is 6.79. The molecule has 0 radical (unpaired) electrons. The Hall–Kier alpha value is -2.48. The van der Waals surface area contributed by atoms with Crippen molar-refractivity contribution in [3.05, 3.63) is 30.1 Å². The number of nitrogens with zero attached hydrogens (tertiary/aromatic N) is 5. The first-order valence-electron chi connectivity index (χ1n) is 6.72. The Morgan fingerprint density at radius 1 is 1.33 bits per heavy atom. The van der Waals surface area contributed by atoms with Crippen LogP contribution in [-0.2, 0) is 4.74 Å². The summed E-state index contributed by atoms with van der Waals surface area (Å²) in [5.41, 5.74) is 2.52. The predicted octanol–water partition coefficient (Wildman–Crippen LogP) is 0.835. The summed E-state index contributed by atoms with van der Waals surface area (Å²) >= 11 is 0. The summed E-state index contributed by atoms with van der Waals surface area (Å²) in [6, 6.07) is 5.56. The lowest BCUT2D eigenvalue weighted by molar-refractivity contribution is 0.0564. The zero-order valence-electron chi connectivity index (χ0n) is 11.7. The second kappa shape index (κ2) is 5.88.